The van der Waals surface area contributed by atoms with Gasteiger partial charge < -0.3 is 14.7 Å². The Labute approximate surface area is 169 Å². The first-order valence-electron chi connectivity index (χ1n) is 9.99. The summed E-state index contributed by atoms with van der Waals surface area (Å²) in [5.74, 6) is 0.355. The first kappa shape index (κ1) is 22.9. The van der Waals surface area contributed by atoms with Crippen molar-refractivity contribution in [2.45, 2.75) is 51.2 Å². The zero-order valence-corrected chi connectivity index (χ0v) is 18.4. The second-order valence-electron chi connectivity index (χ2n) is 7.71. The molecule has 1 aliphatic heterocycles. The number of hydrogen-bond donors (Lipinski definition) is 1. The van der Waals surface area contributed by atoms with Crippen LogP contribution in [0.2, 0.25) is 0 Å². The number of ether oxygens (including phenoxy) is 1. The summed E-state index contributed by atoms with van der Waals surface area (Å²) in [6, 6.07) is 4.69. The predicted octanol–water partition coefficient (Wildman–Crippen LogP) is 2.83. The summed E-state index contributed by atoms with van der Waals surface area (Å²) in [7, 11) is -1.71. The number of fused-ring (bicyclic) bond motifs is 1. The molecule has 158 valence electrons. The van der Waals surface area contributed by atoms with Gasteiger partial charge in [0.25, 0.3) is 0 Å². The summed E-state index contributed by atoms with van der Waals surface area (Å²) in [6.07, 6.45) is 4.72. The van der Waals surface area contributed by atoms with E-state index in [0.717, 1.165) is 18.5 Å². The highest BCUT2D eigenvalue weighted by atomic mass is 32.2. The first-order chi connectivity index (χ1) is 13.2. The van der Waals surface area contributed by atoms with Crippen molar-refractivity contribution in [2.24, 2.45) is 5.92 Å². The maximum Gasteiger partial charge on any atom is 0.247 e. The lowest BCUT2D eigenvalue weighted by Crippen LogP contribution is -2.49. The fourth-order valence-electron chi connectivity index (χ4n) is 3.54. The molecule has 0 radical (unpaired) electrons. The second kappa shape index (κ2) is 9.87. The number of allylic oxidation sites excluding steroid dienone is 1. The van der Waals surface area contributed by atoms with Crippen LogP contribution in [-0.2, 0) is 10.0 Å². The van der Waals surface area contributed by atoms with Crippen molar-refractivity contribution in [2.75, 3.05) is 33.3 Å². The van der Waals surface area contributed by atoms with Gasteiger partial charge in [0.05, 0.1) is 6.61 Å². The van der Waals surface area contributed by atoms with E-state index in [4.69, 9.17) is 4.74 Å². The van der Waals surface area contributed by atoms with Crippen LogP contribution in [0, 0.1) is 5.92 Å². The van der Waals surface area contributed by atoms with Crippen molar-refractivity contribution in [1.82, 2.24) is 9.21 Å². The van der Waals surface area contributed by atoms with E-state index in [2.05, 4.69) is 18.9 Å². The fraction of sp³-hybridized carbons (Fsp3) is 0.619. The number of sulfonamides is 1. The number of benzene rings is 1. The summed E-state index contributed by atoms with van der Waals surface area (Å²) in [5, 5.41) is 9.66. The molecule has 0 bridgehead atoms. The van der Waals surface area contributed by atoms with Crippen LogP contribution in [0.25, 0.3) is 6.08 Å². The standard InChI is InChI=1S/C21H34N2O4S/c1-6-8-18-9-10-21-19(12-18)27-20(14-22(5)11-7-2)16(3)13-23(17(4)15-24)28(21,25)26/h6,8-10,12,16-17,20,24H,7,11,13-15H2,1-5H3/b8-6+/t16-,17+,20-/m0/s1. The van der Waals surface area contributed by atoms with Crippen LogP contribution >= 0.6 is 0 Å². The van der Waals surface area contributed by atoms with Crippen molar-refractivity contribution >= 4 is 16.1 Å². The monoisotopic (exact) mass is 410 g/mol. The van der Waals surface area contributed by atoms with Gasteiger partial charge in [-0.25, -0.2) is 8.42 Å². The third kappa shape index (κ3) is 5.14. The van der Waals surface area contributed by atoms with Crippen LogP contribution in [0.15, 0.2) is 29.2 Å². The summed E-state index contributed by atoms with van der Waals surface area (Å²) < 4.78 is 34.4. The molecule has 0 fully saturated rings. The Hall–Kier alpha value is -1.41. The summed E-state index contributed by atoms with van der Waals surface area (Å²) in [6.45, 7) is 9.55. The third-order valence-electron chi connectivity index (χ3n) is 5.15. The molecule has 7 heteroatoms. The first-order valence-corrected chi connectivity index (χ1v) is 11.4. The lowest BCUT2D eigenvalue weighted by atomic mass is 10.0. The Morgan fingerprint density at radius 3 is 2.75 bits per heavy atom. The van der Waals surface area contributed by atoms with Crippen LogP contribution in [0.3, 0.4) is 0 Å². The summed E-state index contributed by atoms with van der Waals surface area (Å²) in [4.78, 5) is 2.38. The van der Waals surface area contributed by atoms with Gasteiger partial charge in [-0.3, -0.25) is 0 Å². The molecule has 3 atom stereocenters. The van der Waals surface area contributed by atoms with E-state index < -0.39 is 16.1 Å². The maximum atomic E-state index is 13.3. The van der Waals surface area contributed by atoms with Gasteiger partial charge in [0.2, 0.25) is 10.0 Å². The smallest absolute Gasteiger partial charge is 0.247 e. The largest absolute Gasteiger partial charge is 0.487 e. The fourth-order valence-corrected chi connectivity index (χ4v) is 5.36. The molecule has 0 saturated carbocycles. The Bertz CT molecular complexity index is 779. The van der Waals surface area contributed by atoms with E-state index >= 15 is 0 Å². The highest BCUT2D eigenvalue weighted by Crippen LogP contribution is 2.34. The van der Waals surface area contributed by atoms with Gasteiger partial charge in [0, 0.05) is 25.0 Å². The SMILES string of the molecule is C/C=C/c1ccc2c(c1)O[C@@H](CN(C)CCC)[C@@H](C)CN([C@H](C)CO)S2(=O)=O. The highest BCUT2D eigenvalue weighted by Gasteiger charge is 2.37. The average Bonchev–Trinajstić information content (AvgIpc) is 2.64. The van der Waals surface area contributed by atoms with Crippen LogP contribution in [0.4, 0.5) is 0 Å². The average molecular weight is 411 g/mol. The van der Waals surface area contributed by atoms with E-state index in [1.807, 2.05) is 26.0 Å². The lowest BCUT2D eigenvalue weighted by Gasteiger charge is -2.37. The minimum Gasteiger partial charge on any atom is -0.487 e. The molecule has 0 aliphatic carbocycles. The minimum absolute atomic E-state index is 0.0263. The molecule has 1 aromatic rings. The van der Waals surface area contributed by atoms with E-state index in [9.17, 15) is 13.5 Å². The zero-order chi connectivity index (χ0) is 20.9. The van der Waals surface area contributed by atoms with Gasteiger partial charge in [-0.15, -0.1) is 0 Å². The molecule has 1 heterocycles. The molecular formula is C21H34N2O4S. The Morgan fingerprint density at radius 2 is 2.14 bits per heavy atom. The number of nitrogens with zero attached hydrogens (tertiary/aromatic N) is 2. The van der Waals surface area contributed by atoms with Crippen LogP contribution in [0.5, 0.6) is 5.75 Å². The van der Waals surface area contributed by atoms with Gasteiger partial charge in [-0.05, 0) is 51.6 Å². The molecule has 1 aromatic carbocycles. The van der Waals surface area contributed by atoms with Gasteiger partial charge in [-0.2, -0.15) is 4.31 Å². The molecule has 6 nitrogen and oxygen atoms in total. The summed E-state index contributed by atoms with van der Waals surface area (Å²) >= 11 is 0. The Morgan fingerprint density at radius 1 is 1.43 bits per heavy atom. The Balaban J connectivity index is 2.55. The van der Waals surface area contributed by atoms with Gasteiger partial charge in [-0.1, -0.05) is 32.1 Å². The van der Waals surface area contributed by atoms with Crippen molar-refractivity contribution in [3.05, 3.63) is 29.8 Å². The number of likely N-dealkylation sites (N-methyl/N-ethyl adjacent to an activating group) is 1. The van der Waals surface area contributed by atoms with Crippen molar-refractivity contribution < 1.29 is 18.3 Å². The van der Waals surface area contributed by atoms with Crippen LogP contribution in [0.1, 0.15) is 39.7 Å². The van der Waals surface area contributed by atoms with Gasteiger partial charge in [0.15, 0.2) is 0 Å². The molecule has 28 heavy (non-hydrogen) atoms. The molecular weight excluding hydrogens is 376 g/mol. The predicted molar refractivity (Wildman–Crippen MR) is 113 cm³/mol. The number of hydrogen-bond acceptors (Lipinski definition) is 5. The Kier molecular flexibility index (Phi) is 8.07. The van der Waals surface area contributed by atoms with Crippen molar-refractivity contribution in [3.63, 3.8) is 0 Å². The van der Waals surface area contributed by atoms with E-state index in [0.29, 0.717) is 18.8 Å². The molecule has 0 unspecified atom stereocenters. The van der Waals surface area contributed by atoms with Crippen LogP contribution in [-0.4, -0.2) is 68.2 Å². The van der Waals surface area contributed by atoms with Crippen molar-refractivity contribution in [3.8, 4) is 5.75 Å². The van der Waals surface area contributed by atoms with E-state index in [1.54, 1.807) is 25.1 Å². The third-order valence-corrected chi connectivity index (χ3v) is 7.17. The highest BCUT2D eigenvalue weighted by molar-refractivity contribution is 7.89. The summed E-state index contributed by atoms with van der Waals surface area (Å²) in [5.41, 5.74) is 0.895. The van der Waals surface area contributed by atoms with Gasteiger partial charge in [0.1, 0.15) is 16.7 Å². The quantitative estimate of drug-likeness (QED) is 0.749. The van der Waals surface area contributed by atoms with Gasteiger partial charge >= 0.3 is 0 Å². The van der Waals surface area contributed by atoms with Crippen LogP contribution < -0.4 is 4.74 Å². The normalized spacial score (nSPS) is 23.8. The lowest BCUT2D eigenvalue weighted by molar-refractivity contribution is 0.0752. The molecule has 0 spiro atoms. The molecule has 0 saturated heterocycles. The molecule has 2 rings (SSSR count). The molecule has 1 N–H and O–H groups in total. The maximum absolute atomic E-state index is 13.3. The molecule has 0 amide bonds. The topological polar surface area (TPSA) is 70.1 Å². The zero-order valence-electron chi connectivity index (χ0n) is 17.6. The van der Waals surface area contributed by atoms with E-state index in [1.165, 1.54) is 4.31 Å². The minimum atomic E-state index is -3.77. The second-order valence-corrected chi connectivity index (χ2v) is 9.57. The number of aliphatic hydroxyl groups excluding tert-OH is 1. The molecule has 0 aromatic heterocycles. The number of rotatable bonds is 7. The number of aliphatic hydroxyl groups is 1. The molecule has 1 aliphatic rings. The van der Waals surface area contributed by atoms with Crippen molar-refractivity contribution in [1.29, 1.82) is 0 Å². The van der Waals surface area contributed by atoms with E-state index in [-0.39, 0.29) is 23.5 Å².